The summed E-state index contributed by atoms with van der Waals surface area (Å²) in [6.45, 7) is 17.4. The highest BCUT2D eigenvalue weighted by molar-refractivity contribution is 6.74. The van der Waals surface area contributed by atoms with Crippen LogP contribution in [0.25, 0.3) is 0 Å². The zero-order valence-electron chi connectivity index (χ0n) is 12.5. The molecule has 0 radical (unpaired) electrons. The van der Waals surface area contributed by atoms with Gasteiger partial charge in [0.05, 0.1) is 0 Å². The summed E-state index contributed by atoms with van der Waals surface area (Å²) in [7, 11) is -1.58. The van der Waals surface area contributed by atoms with Gasteiger partial charge in [0.1, 0.15) is 0 Å². The summed E-state index contributed by atoms with van der Waals surface area (Å²) < 4.78 is 6.30. The van der Waals surface area contributed by atoms with Gasteiger partial charge in [0.15, 0.2) is 8.32 Å². The lowest BCUT2D eigenvalue weighted by atomic mass is 10.2. The van der Waals surface area contributed by atoms with E-state index in [1.807, 2.05) is 12.2 Å². The fourth-order valence-corrected chi connectivity index (χ4v) is 2.93. The van der Waals surface area contributed by atoms with Gasteiger partial charge in [-0.3, -0.25) is 0 Å². The molecule has 0 aromatic carbocycles. The molecular formula is C15H30OSi. The van der Waals surface area contributed by atoms with Gasteiger partial charge < -0.3 is 4.43 Å². The molecule has 0 unspecified atom stereocenters. The van der Waals surface area contributed by atoms with Crippen LogP contribution in [0, 0.1) is 0 Å². The van der Waals surface area contributed by atoms with Crippen LogP contribution in [-0.4, -0.2) is 14.4 Å². The number of allylic oxidation sites excluding steroid dienone is 3. The van der Waals surface area contributed by atoms with Crippen LogP contribution >= 0.6 is 0 Å². The van der Waals surface area contributed by atoms with Crippen molar-refractivity contribution in [1.29, 1.82) is 0 Å². The minimum absolute atomic E-state index is 0.310. The summed E-state index contributed by atoms with van der Waals surface area (Å²) in [6, 6.07) is 0. The highest BCUT2D eigenvalue weighted by Crippen LogP contribution is 2.37. The van der Waals surface area contributed by atoms with Crippen LogP contribution in [0.3, 0.4) is 0 Å². The molecule has 0 N–H and O–H groups in total. The second-order valence-corrected chi connectivity index (χ2v) is 11.0. The Morgan fingerprint density at radius 3 is 2.35 bits per heavy atom. The lowest BCUT2D eigenvalue weighted by Crippen LogP contribution is -2.43. The maximum atomic E-state index is 6.30. The van der Waals surface area contributed by atoms with Crippen LogP contribution in [0.1, 0.15) is 47.0 Å². The molecule has 0 heterocycles. The molecule has 17 heavy (non-hydrogen) atoms. The van der Waals surface area contributed by atoms with Crippen LogP contribution in [0.2, 0.25) is 18.1 Å². The van der Waals surface area contributed by atoms with Crippen molar-refractivity contribution in [3.05, 3.63) is 24.8 Å². The summed E-state index contributed by atoms with van der Waals surface area (Å²) in [5, 5.41) is 0.310. The predicted molar refractivity (Wildman–Crippen MR) is 80.9 cm³/mol. The molecule has 0 saturated carbocycles. The smallest absolute Gasteiger partial charge is 0.192 e. The monoisotopic (exact) mass is 254 g/mol. The number of unbranched alkanes of at least 4 members (excludes halogenated alkanes) is 1. The number of rotatable bonds is 7. The van der Waals surface area contributed by atoms with Gasteiger partial charge in [0.25, 0.3) is 0 Å². The molecule has 0 aliphatic heterocycles. The molecule has 0 amide bonds. The SMILES string of the molecule is C=C/C=C/CCC[C@@H](C)O[Si](C)(C)C(C)(C)C. The molecule has 2 heteroatoms. The third-order valence-electron chi connectivity index (χ3n) is 3.56. The summed E-state index contributed by atoms with van der Waals surface area (Å²) in [5.41, 5.74) is 0. The minimum Gasteiger partial charge on any atom is -0.414 e. The average molecular weight is 254 g/mol. The van der Waals surface area contributed by atoms with Crippen LogP contribution in [-0.2, 0) is 4.43 Å². The van der Waals surface area contributed by atoms with Crippen LogP contribution in [0.15, 0.2) is 24.8 Å². The van der Waals surface area contributed by atoms with Crippen molar-refractivity contribution in [2.24, 2.45) is 0 Å². The third kappa shape index (κ3) is 6.84. The van der Waals surface area contributed by atoms with E-state index in [2.05, 4.69) is 53.4 Å². The van der Waals surface area contributed by atoms with Gasteiger partial charge in [-0.15, -0.1) is 0 Å². The van der Waals surface area contributed by atoms with Crippen LogP contribution in [0.5, 0.6) is 0 Å². The standard InChI is InChI=1S/C15H30OSi/c1-8-9-10-11-12-13-14(2)16-17(6,7)15(3,4)5/h8-10,14H,1,11-13H2,2-7H3/b10-9+/t14-/m1/s1. The van der Waals surface area contributed by atoms with Crippen molar-refractivity contribution in [1.82, 2.24) is 0 Å². The van der Waals surface area contributed by atoms with E-state index in [1.165, 1.54) is 6.42 Å². The molecule has 1 nitrogen and oxygen atoms in total. The molecule has 0 aromatic rings. The topological polar surface area (TPSA) is 9.23 Å². The molecule has 0 fully saturated rings. The van der Waals surface area contributed by atoms with Gasteiger partial charge in [-0.25, -0.2) is 0 Å². The molecule has 0 aliphatic carbocycles. The van der Waals surface area contributed by atoms with Crippen LogP contribution < -0.4 is 0 Å². The molecule has 0 bridgehead atoms. The highest BCUT2D eigenvalue weighted by atomic mass is 28.4. The highest BCUT2D eigenvalue weighted by Gasteiger charge is 2.38. The fourth-order valence-electron chi connectivity index (χ4n) is 1.45. The van der Waals surface area contributed by atoms with E-state index in [4.69, 9.17) is 4.43 Å². The second-order valence-electron chi connectivity index (χ2n) is 6.28. The van der Waals surface area contributed by atoms with Crippen molar-refractivity contribution >= 4 is 8.32 Å². The summed E-state index contributed by atoms with van der Waals surface area (Å²) >= 11 is 0. The molecule has 1 atom stereocenters. The van der Waals surface area contributed by atoms with E-state index < -0.39 is 8.32 Å². The molecule has 0 aromatic heterocycles. The zero-order valence-corrected chi connectivity index (χ0v) is 13.5. The summed E-state index contributed by atoms with van der Waals surface area (Å²) in [4.78, 5) is 0. The molecular weight excluding hydrogens is 224 g/mol. The van der Waals surface area contributed by atoms with Gasteiger partial charge in [0.2, 0.25) is 0 Å². The van der Waals surface area contributed by atoms with Crippen molar-refractivity contribution in [2.75, 3.05) is 0 Å². The van der Waals surface area contributed by atoms with Gasteiger partial charge in [-0.1, -0.05) is 45.6 Å². The first-order chi connectivity index (χ1) is 7.70. The van der Waals surface area contributed by atoms with E-state index in [0.717, 1.165) is 12.8 Å². The second kappa shape index (κ2) is 7.17. The lowest BCUT2D eigenvalue weighted by Gasteiger charge is -2.38. The Hall–Kier alpha value is -0.343. The summed E-state index contributed by atoms with van der Waals surface area (Å²) in [5.74, 6) is 0. The Morgan fingerprint density at radius 2 is 1.88 bits per heavy atom. The Morgan fingerprint density at radius 1 is 1.29 bits per heavy atom. The third-order valence-corrected chi connectivity index (χ3v) is 8.16. The largest absolute Gasteiger partial charge is 0.414 e. The number of hydrogen-bond donors (Lipinski definition) is 0. The van der Waals surface area contributed by atoms with Crippen molar-refractivity contribution in [2.45, 2.75) is 71.2 Å². The van der Waals surface area contributed by atoms with Crippen molar-refractivity contribution in [3.63, 3.8) is 0 Å². The van der Waals surface area contributed by atoms with E-state index in [9.17, 15) is 0 Å². The van der Waals surface area contributed by atoms with E-state index in [1.54, 1.807) is 0 Å². The Balaban J connectivity index is 3.97. The van der Waals surface area contributed by atoms with Gasteiger partial charge in [-0.2, -0.15) is 0 Å². The molecule has 0 saturated heterocycles. The Kier molecular flexibility index (Phi) is 7.03. The first-order valence-corrected chi connectivity index (χ1v) is 9.57. The molecule has 0 rings (SSSR count). The maximum Gasteiger partial charge on any atom is 0.192 e. The lowest BCUT2D eigenvalue weighted by molar-refractivity contribution is 0.187. The van der Waals surface area contributed by atoms with E-state index >= 15 is 0 Å². The quantitative estimate of drug-likeness (QED) is 0.340. The predicted octanol–water partition coefficient (Wildman–Crippen LogP) is 5.31. The van der Waals surface area contributed by atoms with E-state index in [-0.39, 0.29) is 0 Å². The Labute approximate surface area is 109 Å². The maximum absolute atomic E-state index is 6.30. The first-order valence-electron chi connectivity index (χ1n) is 6.66. The van der Waals surface area contributed by atoms with Crippen LogP contribution in [0.4, 0.5) is 0 Å². The van der Waals surface area contributed by atoms with E-state index in [0.29, 0.717) is 11.1 Å². The van der Waals surface area contributed by atoms with Gasteiger partial charge >= 0.3 is 0 Å². The van der Waals surface area contributed by atoms with Crippen molar-refractivity contribution in [3.8, 4) is 0 Å². The molecule has 100 valence electrons. The van der Waals surface area contributed by atoms with Crippen molar-refractivity contribution < 1.29 is 4.43 Å². The van der Waals surface area contributed by atoms with Gasteiger partial charge in [-0.05, 0) is 44.3 Å². The summed E-state index contributed by atoms with van der Waals surface area (Å²) in [6.07, 6.45) is 9.86. The fraction of sp³-hybridized carbons (Fsp3) is 0.733. The Bertz CT molecular complexity index is 248. The first kappa shape index (κ1) is 16.7. The van der Waals surface area contributed by atoms with Gasteiger partial charge in [0, 0.05) is 6.10 Å². The molecule has 0 aliphatic rings. The molecule has 0 spiro atoms. The zero-order chi connectivity index (χ0) is 13.5. The minimum atomic E-state index is -1.58. The average Bonchev–Trinajstić information content (AvgIpc) is 2.14. The normalized spacial score (nSPS) is 15.2. The number of hydrogen-bond acceptors (Lipinski definition) is 1.